The van der Waals surface area contributed by atoms with Crippen molar-refractivity contribution in [2.45, 2.75) is 12.5 Å². The lowest BCUT2D eigenvalue weighted by Gasteiger charge is -2.10. The largest absolute Gasteiger partial charge is 0.394 e. The molecule has 0 radical (unpaired) electrons. The number of aliphatic hydroxyl groups excluding tert-OH is 2. The Morgan fingerprint density at radius 1 is 1.36 bits per heavy atom. The van der Waals surface area contributed by atoms with Crippen molar-refractivity contribution >= 4 is 22.6 Å². The van der Waals surface area contributed by atoms with E-state index in [0.29, 0.717) is 3.57 Å². The zero-order chi connectivity index (χ0) is 10.7. The molecule has 0 heterocycles. The van der Waals surface area contributed by atoms with E-state index in [1.165, 1.54) is 6.07 Å². The first-order chi connectivity index (χ1) is 6.54. The number of rotatable bonds is 3. The van der Waals surface area contributed by atoms with Gasteiger partial charge in [-0.2, -0.15) is 0 Å². The standard InChI is InChI=1S/C9H9F2IO2/c10-5-1-8(11)7(9(12)2-5)3-6(14)4-13/h1-2,6,13-14H,3-4H2/t6-/m0/s1. The summed E-state index contributed by atoms with van der Waals surface area (Å²) in [7, 11) is 0. The van der Waals surface area contributed by atoms with Gasteiger partial charge in [0, 0.05) is 21.6 Å². The lowest BCUT2D eigenvalue weighted by molar-refractivity contribution is 0.0946. The summed E-state index contributed by atoms with van der Waals surface area (Å²) in [5.41, 5.74) is 0.230. The van der Waals surface area contributed by atoms with Crippen molar-refractivity contribution < 1.29 is 19.0 Å². The van der Waals surface area contributed by atoms with Gasteiger partial charge in [-0.3, -0.25) is 0 Å². The van der Waals surface area contributed by atoms with Gasteiger partial charge in [-0.1, -0.05) is 0 Å². The zero-order valence-electron chi connectivity index (χ0n) is 7.17. The fourth-order valence-corrected chi connectivity index (χ4v) is 1.84. The Labute approximate surface area is 93.7 Å². The Kier molecular flexibility index (Phi) is 4.21. The summed E-state index contributed by atoms with van der Waals surface area (Å²) in [5.74, 6) is -1.34. The summed E-state index contributed by atoms with van der Waals surface area (Å²) in [5, 5.41) is 17.7. The van der Waals surface area contributed by atoms with Gasteiger partial charge in [0.25, 0.3) is 0 Å². The molecule has 0 bridgehead atoms. The minimum absolute atomic E-state index is 0.0130. The van der Waals surface area contributed by atoms with Gasteiger partial charge >= 0.3 is 0 Å². The molecule has 1 aromatic carbocycles. The monoisotopic (exact) mass is 314 g/mol. The van der Waals surface area contributed by atoms with Crippen LogP contribution in [0.5, 0.6) is 0 Å². The molecule has 0 aliphatic heterocycles. The van der Waals surface area contributed by atoms with Gasteiger partial charge in [0.1, 0.15) is 11.6 Å². The van der Waals surface area contributed by atoms with Crippen LogP contribution in [-0.2, 0) is 6.42 Å². The van der Waals surface area contributed by atoms with Crippen LogP contribution < -0.4 is 0 Å². The summed E-state index contributed by atoms with van der Waals surface area (Å²) < 4.78 is 26.3. The molecule has 2 nitrogen and oxygen atoms in total. The molecule has 0 spiro atoms. The highest BCUT2D eigenvalue weighted by Gasteiger charge is 2.13. The molecular weight excluding hydrogens is 305 g/mol. The van der Waals surface area contributed by atoms with E-state index in [0.717, 1.165) is 6.07 Å². The molecule has 14 heavy (non-hydrogen) atoms. The number of benzene rings is 1. The predicted octanol–water partition coefficient (Wildman–Crippen LogP) is 1.47. The second kappa shape index (κ2) is 4.99. The Morgan fingerprint density at radius 3 is 2.50 bits per heavy atom. The Bertz CT molecular complexity index is 308. The molecule has 0 unspecified atom stereocenters. The molecule has 1 rings (SSSR count). The molecule has 2 N–H and O–H groups in total. The Balaban J connectivity index is 2.96. The second-order valence-electron chi connectivity index (χ2n) is 2.89. The van der Waals surface area contributed by atoms with E-state index in [-0.39, 0.29) is 12.0 Å². The highest BCUT2D eigenvalue weighted by atomic mass is 127. The van der Waals surface area contributed by atoms with Crippen molar-refractivity contribution in [3.8, 4) is 0 Å². The third kappa shape index (κ3) is 2.86. The first-order valence-corrected chi connectivity index (χ1v) is 5.04. The average molecular weight is 314 g/mol. The number of hydrogen-bond donors (Lipinski definition) is 2. The summed E-state index contributed by atoms with van der Waals surface area (Å²) in [6.07, 6.45) is -1.02. The molecule has 0 aromatic heterocycles. The van der Waals surface area contributed by atoms with Gasteiger partial charge < -0.3 is 10.2 Å². The van der Waals surface area contributed by atoms with E-state index in [1.807, 2.05) is 0 Å². The molecular formula is C9H9F2IO2. The molecule has 1 atom stereocenters. The van der Waals surface area contributed by atoms with Gasteiger partial charge in [-0.05, 0) is 28.7 Å². The van der Waals surface area contributed by atoms with Crippen molar-refractivity contribution in [3.05, 3.63) is 32.9 Å². The Hall–Kier alpha value is -0.270. The highest BCUT2D eigenvalue weighted by Crippen LogP contribution is 2.19. The number of hydrogen-bond acceptors (Lipinski definition) is 2. The van der Waals surface area contributed by atoms with E-state index in [1.54, 1.807) is 22.6 Å². The SMILES string of the molecule is OC[C@@H](O)Cc1c(F)cc(F)cc1I. The molecule has 0 amide bonds. The lowest BCUT2D eigenvalue weighted by atomic mass is 10.1. The van der Waals surface area contributed by atoms with Crippen LogP contribution in [0.4, 0.5) is 8.78 Å². The van der Waals surface area contributed by atoms with E-state index in [9.17, 15) is 8.78 Å². The maximum Gasteiger partial charge on any atom is 0.130 e. The maximum absolute atomic E-state index is 13.2. The van der Waals surface area contributed by atoms with E-state index < -0.39 is 24.3 Å². The molecule has 5 heteroatoms. The van der Waals surface area contributed by atoms with Gasteiger partial charge in [-0.25, -0.2) is 8.78 Å². The van der Waals surface area contributed by atoms with Crippen LogP contribution in [0.25, 0.3) is 0 Å². The predicted molar refractivity (Wildman–Crippen MR) is 55.9 cm³/mol. The van der Waals surface area contributed by atoms with E-state index in [2.05, 4.69) is 0 Å². The molecule has 0 aliphatic rings. The smallest absolute Gasteiger partial charge is 0.130 e. The normalized spacial score (nSPS) is 12.9. The molecule has 0 fully saturated rings. The van der Waals surface area contributed by atoms with Gasteiger partial charge in [-0.15, -0.1) is 0 Å². The van der Waals surface area contributed by atoms with Crippen molar-refractivity contribution in [1.29, 1.82) is 0 Å². The summed E-state index contributed by atoms with van der Waals surface area (Å²) in [6, 6.07) is 1.95. The minimum Gasteiger partial charge on any atom is -0.394 e. The number of aliphatic hydroxyl groups is 2. The number of halogens is 3. The minimum atomic E-state index is -1.01. The molecule has 1 aromatic rings. The zero-order valence-corrected chi connectivity index (χ0v) is 9.33. The van der Waals surface area contributed by atoms with Crippen molar-refractivity contribution in [2.24, 2.45) is 0 Å². The van der Waals surface area contributed by atoms with Crippen molar-refractivity contribution in [2.75, 3.05) is 6.61 Å². The van der Waals surface area contributed by atoms with E-state index in [4.69, 9.17) is 10.2 Å². The Morgan fingerprint density at radius 2 is 2.00 bits per heavy atom. The fourth-order valence-electron chi connectivity index (χ4n) is 1.07. The van der Waals surface area contributed by atoms with Crippen LogP contribution in [0.2, 0.25) is 0 Å². The topological polar surface area (TPSA) is 40.5 Å². The lowest BCUT2D eigenvalue weighted by Crippen LogP contribution is -2.17. The van der Waals surface area contributed by atoms with Gasteiger partial charge in [0.05, 0.1) is 12.7 Å². The van der Waals surface area contributed by atoms with Gasteiger partial charge in [0.2, 0.25) is 0 Å². The highest BCUT2D eigenvalue weighted by molar-refractivity contribution is 14.1. The maximum atomic E-state index is 13.2. The van der Waals surface area contributed by atoms with Crippen LogP contribution in [0.1, 0.15) is 5.56 Å². The third-order valence-corrected chi connectivity index (χ3v) is 2.72. The van der Waals surface area contributed by atoms with Crippen LogP contribution in [-0.4, -0.2) is 22.9 Å². The summed E-state index contributed by atoms with van der Waals surface area (Å²) >= 11 is 1.79. The molecule has 0 saturated heterocycles. The van der Waals surface area contributed by atoms with E-state index >= 15 is 0 Å². The van der Waals surface area contributed by atoms with Crippen LogP contribution >= 0.6 is 22.6 Å². The average Bonchev–Trinajstić information content (AvgIpc) is 2.10. The summed E-state index contributed by atoms with van der Waals surface area (Å²) in [4.78, 5) is 0. The molecule has 78 valence electrons. The van der Waals surface area contributed by atoms with Gasteiger partial charge in [0.15, 0.2) is 0 Å². The second-order valence-corrected chi connectivity index (χ2v) is 4.05. The van der Waals surface area contributed by atoms with Crippen LogP contribution in [0.3, 0.4) is 0 Å². The van der Waals surface area contributed by atoms with Crippen molar-refractivity contribution in [1.82, 2.24) is 0 Å². The summed E-state index contributed by atoms with van der Waals surface area (Å²) in [6.45, 7) is -0.438. The van der Waals surface area contributed by atoms with Crippen LogP contribution in [0.15, 0.2) is 12.1 Å². The van der Waals surface area contributed by atoms with Crippen molar-refractivity contribution in [3.63, 3.8) is 0 Å². The first-order valence-electron chi connectivity index (χ1n) is 3.97. The molecule has 0 aliphatic carbocycles. The fraction of sp³-hybridized carbons (Fsp3) is 0.333. The first kappa shape index (κ1) is 11.8. The quantitative estimate of drug-likeness (QED) is 0.830. The third-order valence-electron chi connectivity index (χ3n) is 1.76. The van der Waals surface area contributed by atoms with Crippen LogP contribution in [0, 0.1) is 15.2 Å². The molecule has 0 saturated carbocycles.